The number of aryl methyl sites for hydroxylation is 2. The average Bonchev–Trinajstić information content (AvgIpc) is 3.73. The molecule has 0 saturated carbocycles. The number of rotatable bonds is 13. The van der Waals surface area contributed by atoms with Gasteiger partial charge in [-0.1, -0.05) is 101 Å². The average molecular weight is 576 g/mol. The molecule has 0 fully saturated rings. The van der Waals surface area contributed by atoms with Crippen molar-refractivity contribution >= 4 is 44.5 Å². The molecule has 0 saturated heterocycles. The third-order valence-electron chi connectivity index (χ3n) is 8.35. The van der Waals surface area contributed by atoms with Gasteiger partial charge in [-0.2, -0.15) is 0 Å². The Morgan fingerprint density at radius 1 is 0.585 bits per heavy atom. The Balaban J connectivity index is 1.34. The first-order chi connectivity index (χ1) is 20.3. The van der Waals surface area contributed by atoms with Gasteiger partial charge in [-0.15, -0.1) is 22.7 Å². The molecule has 6 rings (SSSR count). The SMILES string of the molecule is CCCCCCc1cc(-c2sccc2CCCCCC)sc1-c1ccc(-n2c3ccccc3c3ccccc32)cc1. The van der Waals surface area contributed by atoms with Crippen LogP contribution in [0.25, 0.3) is 47.7 Å². The topological polar surface area (TPSA) is 4.93 Å². The molecule has 210 valence electrons. The second-order valence-electron chi connectivity index (χ2n) is 11.3. The van der Waals surface area contributed by atoms with Crippen LogP contribution in [0.3, 0.4) is 0 Å². The first kappa shape index (κ1) is 28.0. The molecule has 6 aromatic rings. The highest BCUT2D eigenvalue weighted by atomic mass is 32.1. The van der Waals surface area contributed by atoms with Crippen LogP contribution < -0.4 is 0 Å². The molecule has 0 spiro atoms. The van der Waals surface area contributed by atoms with E-state index in [0.717, 1.165) is 6.42 Å². The lowest BCUT2D eigenvalue weighted by molar-refractivity contribution is 0.667. The van der Waals surface area contributed by atoms with Crippen LogP contribution in [-0.4, -0.2) is 4.57 Å². The summed E-state index contributed by atoms with van der Waals surface area (Å²) in [7, 11) is 0. The van der Waals surface area contributed by atoms with Crippen LogP contribution in [0.1, 0.15) is 76.3 Å². The number of thiophene rings is 2. The molecule has 3 heterocycles. The lowest BCUT2D eigenvalue weighted by Gasteiger charge is -2.10. The number of fused-ring (bicyclic) bond motifs is 3. The molecule has 3 aromatic heterocycles. The van der Waals surface area contributed by atoms with Crippen LogP contribution in [0.2, 0.25) is 0 Å². The predicted octanol–water partition coefficient (Wildman–Crippen LogP) is 12.5. The second-order valence-corrected chi connectivity index (χ2v) is 13.2. The monoisotopic (exact) mass is 575 g/mol. The van der Waals surface area contributed by atoms with Gasteiger partial charge < -0.3 is 4.57 Å². The van der Waals surface area contributed by atoms with Crippen LogP contribution in [0, 0.1) is 0 Å². The predicted molar refractivity (Wildman–Crippen MR) is 183 cm³/mol. The van der Waals surface area contributed by atoms with E-state index in [9.17, 15) is 0 Å². The number of hydrogen-bond acceptors (Lipinski definition) is 2. The first-order valence-corrected chi connectivity index (χ1v) is 17.3. The Morgan fingerprint density at radius 3 is 1.83 bits per heavy atom. The van der Waals surface area contributed by atoms with Crippen molar-refractivity contribution in [2.45, 2.75) is 78.1 Å². The first-order valence-electron chi connectivity index (χ1n) is 15.6. The fraction of sp³-hybridized carbons (Fsp3) is 0.316. The van der Waals surface area contributed by atoms with Gasteiger partial charge in [-0.05, 0) is 84.2 Å². The van der Waals surface area contributed by atoms with Crippen LogP contribution >= 0.6 is 22.7 Å². The number of benzene rings is 3. The van der Waals surface area contributed by atoms with Crippen molar-refractivity contribution in [2.24, 2.45) is 0 Å². The highest BCUT2D eigenvalue weighted by Crippen LogP contribution is 2.43. The Hall–Kier alpha value is -3.14. The highest BCUT2D eigenvalue weighted by Gasteiger charge is 2.17. The zero-order chi connectivity index (χ0) is 28.0. The summed E-state index contributed by atoms with van der Waals surface area (Å²) in [5.41, 5.74) is 8.16. The zero-order valence-electron chi connectivity index (χ0n) is 24.5. The van der Waals surface area contributed by atoms with E-state index in [1.165, 1.54) is 117 Å². The van der Waals surface area contributed by atoms with E-state index in [2.05, 4.69) is 109 Å². The van der Waals surface area contributed by atoms with Gasteiger partial charge in [0.25, 0.3) is 0 Å². The molecule has 0 aliphatic rings. The lowest BCUT2D eigenvalue weighted by Crippen LogP contribution is -1.93. The molecule has 0 N–H and O–H groups in total. The number of hydrogen-bond donors (Lipinski definition) is 0. The quantitative estimate of drug-likeness (QED) is 0.121. The van der Waals surface area contributed by atoms with E-state index in [1.807, 2.05) is 22.7 Å². The Labute approximate surface area is 253 Å². The summed E-state index contributed by atoms with van der Waals surface area (Å²) >= 11 is 3.93. The standard InChI is InChI=1S/C38H41NS2/c1-3-5-7-9-15-28-25-26-40-38(28)36-27-30(16-10-8-6-4-2)37(41-36)29-21-23-31(24-22-29)39-34-19-13-11-17-32(34)33-18-12-14-20-35(33)39/h11-14,17-27H,3-10,15-16H2,1-2H3. The maximum atomic E-state index is 2.52. The lowest BCUT2D eigenvalue weighted by atomic mass is 10.0. The maximum Gasteiger partial charge on any atom is 0.0541 e. The molecule has 0 radical (unpaired) electrons. The molecule has 0 unspecified atom stereocenters. The fourth-order valence-corrected chi connectivity index (χ4v) is 8.49. The number of nitrogens with zero attached hydrogens (tertiary/aromatic N) is 1. The van der Waals surface area contributed by atoms with Crippen LogP contribution in [0.15, 0.2) is 90.3 Å². The van der Waals surface area contributed by atoms with Gasteiger partial charge in [0.2, 0.25) is 0 Å². The van der Waals surface area contributed by atoms with E-state index >= 15 is 0 Å². The smallest absolute Gasteiger partial charge is 0.0541 e. The summed E-state index contributed by atoms with van der Waals surface area (Å²) < 4.78 is 2.41. The molecular weight excluding hydrogens is 535 g/mol. The van der Waals surface area contributed by atoms with Crippen molar-refractivity contribution < 1.29 is 0 Å². The number of para-hydroxylation sites is 2. The molecule has 1 nitrogen and oxygen atoms in total. The van der Waals surface area contributed by atoms with Gasteiger partial charge in [-0.25, -0.2) is 0 Å². The maximum absolute atomic E-state index is 2.52. The van der Waals surface area contributed by atoms with Gasteiger partial charge in [0.05, 0.1) is 11.0 Å². The molecule has 41 heavy (non-hydrogen) atoms. The summed E-state index contributed by atoms with van der Waals surface area (Å²) in [5, 5.41) is 4.92. The largest absolute Gasteiger partial charge is 0.309 e. The summed E-state index contributed by atoms with van der Waals surface area (Å²) in [5.74, 6) is 0. The van der Waals surface area contributed by atoms with Crippen LogP contribution in [0.4, 0.5) is 0 Å². The highest BCUT2D eigenvalue weighted by molar-refractivity contribution is 7.23. The molecule has 3 aromatic carbocycles. The van der Waals surface area contributed by atoms with Gasteiger partial charge in [0.15, 0.2) is 0 Å². The van der Waals surface area contributed by atoms with Gasteiger partial charge >= 0.3 is 0 Å². The summed E-state index contributed by atoms with van der Waals surface area (Å²) in [6.45, 7) is 4.59. The Kier molecular flexibility index (Phi) is 9.03. The molecule has 0 atom stereocenters. The Morgan fingerprint density at radius 2 is 1.20 bits per heavy atom. The van der Waals surface area contributed by atoms with E-state index < -0.39 is 0 Å². The molecule has 0 aliphatic heterocycles. The third-order valence-corrected chi connectivity index (χ3v) is 10.7. The minimum absolute atomic E-state index is 1.16. The third kappa shape index (κ3) is 5.94. The fourth-order valence-electron chi connectivity index (χ4n) is 6.17. The van der Waals surface area contributed by atoms with Gasteiger partial charge in [-0.3, -0.25) is 0 Å². The van der Waals surface area contributed by atoms with E-state index in [1.54, 1.807) is 0 Å². The molecule has 0 amide bonds. The van der Waals surface area contributed by atoms with Crippen LogP contribution in [-0.2, 0) is 12.8 Å². The van der Waals surface area contributed by atoms with Crippen molar-refractivity contribution in [3.05, 3.63) is 101 Å². The van der Waals surface area contributed by atoms with Crippen molar-refractivity contribution in [1.29, 1.82) is 0 Å². The Bertz CT molecular complexity index is 1660. The minimum atomic E-state index is 1.16. The van der Waals surface area contributed by atoms with Crippen LogP contribution in [0.5, 0.6) is 0 Å². The second kappa shape index (κ2) is 13.2. The summed E-state index contributed by atoms with van der Waals surface area (Å²) in [6, 6.07) is 31.8. The number of unbranched alkanes of at least 4 members (excludes halogenated alkanes) is 6. The van der Waals surface area contributed by atoms with Crippen molar-refractivity contribution in [3.63, 3.8) is 0 Å². The molecule has 3 heteroatoms. The van der Waals surface area contributed by atoms with Gasteiger partial charge in [0.1, 0.15) is 0 Å². The normalized spacial score (nSPS) is 11.7. The summed E-state index contributed by atoms with van der Waals surface area (Å²) in [4.78, 5) is 4.41. The van der Waals surface area contributed by atoms with E-state index in [-0.39, 0.29) is 0 Å². The van der Waals surface area contributed by atoms with E-state index in [0.29, 0.717) is 0 Å². The van der Waals surface area contributed by atoms with E-state index in [4.69, 9.17) is 0 Å². The summed E-state index contributed by atoms with van der Waals surface area (Å²) in [6.07, 6.45) is 12.8. The minimum Gasteiger partial charge on any atom is -0.309 e. The van der Waals surface area contributed by atoms with Gasteiger partial charge in [0, 0.05) is 31.1 Å². The number of aromatic nitrogens is 1. The van der Waals surface area contributed by atoms with Crippen molar-refractivity contribution in [3.8, 4) is 25.9 Å². The molecule has 0 aliphatic carbocycles. The van der Waals surface area contributed by atoms with Crippen molar-refractivity contribution in [1.82, 2.24) is 4.57 Å². The zero-order valence-corrected chi connectivity index (χ0v) is 26.1. The molecule has 0 bridgehead atoms. The van der Waals surface area contributed by atoms with Crippen molar-refractivity contribution in [2.75, 3.05) is 0 Å². The molecular formula is C38H41NS2.